The number of nitrogens with zero attached hydrogens (tertiary/aromatic N) is 1. The summed E-state index contributed by atoms with van der Waals surface area (Å²) in [6.07, 6.45) is 5.26. The lowest BCUT2D eigenvalue weighted by Crippen LogP contribution is -2.36. The molecule has 1 fully saturated rings. The van der Waals surface area contributed by atoms with E-state index in [4.69, 9.17) is 9.47 Å². The second-order valence-corrected chi connectivity index (χ2v) is 7.75. The number of benzene rings is 2. The Morgan fingerprint density at radius 3 is 2.21 bits per heavy atom. The fourth-order valence-electron chi connectivity index (χ4n) is 3.56. The zero-order chi connectivity index (χ0) is 20.5. The van der Waals surface area contributed by atoms with Gasteiger partial charge in [0.25, 0.3) is 5.91 Å². The standard InChI is InChI=1S/C24H32N2O3/c1-19(18-29-23-13-11-22(28-2)12-14-23)25-24(27)21-9-7-20(8-10-21)17-26-15-5-3-4-6-16-26/h7-14,19H,3-6,15-18H2,1-2H3,(H,25,27). The van der Waals surface area contributed by atoms with Crippen LogP contribution in [-0.4, -0.2) is 43.7 Å². The van der Waals surface area contributed by atoms with Crippen LogP contribution in [0.2, 0.25) is 0 Å². The molecule has 1 heterocycles. The summed E-state index contributed by atoms with van der Waals surface area (Å²) in [5, 5.41) is 3.00. The fourth-order valence-corrected chi connectivity index (χ4v) is 3.56. The Morgan fingerprint density at radius 2 is 1.59 bits per heavy atom. The molecule has 29 heavy (non-hydrogen) atoms. The number of hydrogen-bond acceptors (Lipinski definition) is 4. The number of hydrogen-bond donors (Lipinski definition) is 1. The molecule has 5 nitrogen and oxygen atoms in total. The first-order chi connectivity index (χ1) is 14.1. The minimum Gasteiger partial charge on any atom is -0.497 e. The van der Waals surface area contributed by atoms with E-state index in [1.165, 1.54) is 44.3 Å². The minimum absolute atomic E-state index is 0.0721. The number of carbonyl (C=O) groups excluding carboxylic acids is 1. The number of carbonyl (C=O) groups is 1. The van der Waals surface area contributed by atoms with E-state index < -0.39 is 0 Å². The molecule has 1 aliphatic rings. The molecular formula is C24H32N2O3. The highest BCUT2D eigenvalue weighted by Crippen LogP contribution is 2.17. The summed E-state index contributed by atoms with van der Waals surface area (Å²) in [5.41, 5.74) is 1.94. The van der Waals surface area contributed by atoms with Crippen LogP contribution < -0.4 is 14.8 Å². The molecule has 0 aliphatic carbocycles. The van der Waals surface area contributed by atoms with Crippen molar-refractivity contribution >= 4 is 5.91 Å². The topological polar surface area (TPSA) is 50.8 Å². The summed E-state index contributed by atoms with van der Waals surface area (Å²) in [6.45, 7) is 5.66. The maximum absolute atomic E-state index is 12.5. The lowest BCUT2D eigenvalue weighted by molar-refractivity contribution is 0.0926. The van der Waals surface area contributed by atoms with Crippen LogP contribution in [0.3, 0.4) is 0 Å². The van der Waals surface area contributed by atoms with Crippen LogP contribution in [0, 0.1) is 0 Å². The molecule has 3 rings (SSSR count). The Labute approximate surface area is 174 Å². The highest BCUT2D eigenvalue weighted by atomic mass is 16.5. The van der Waals surface area contributed by atoms with Gasteiger partial charge in [-0.25, -0.2) is 0 Å². The molecule has 0 aromatic heterocycles. The van der Waals surface area contributed by atoms with E-state index in [1.807, 2.05) is 43.3 Å². The van der Waals surface area contributed by atoms with Crippen molar-refractivity contribution in [2.24, 2.45) is 0 Å². The van der Waals surface area contributed by atoms with Gasteiger partial charge in [0, 0.05) is 12.1 Å². The number of ether oxygens (including phenoxy) is 2. The summed E-state index contributed by atoms with van der Waals surface area (Å²) in [7, 11) is 1.63. The first-order valence-electron chi connectivity index (χ1n) is 10.5. The van der Waals surface area contributed by atoms with Gasteiger partial charge in [-0.15, -0.1) is 0 Å². The SMILES string of the molecule is COc1ccc(OCC(C)NC(=O)c2ccc(CN3CCCCCC3)cc2)cc1. The van der Waals surface area contributed by atoms with Crippen molar-refractivity contribution in [3.63, 3.8) is 0 Å². The highest BCUT2D eigenvalue weighted by Gasteiger charge is 2.12. The minimum atomic E-state index is -0.0959. The van der Waals surface area contributed by atoms with Crippen LogP contribution in [0.1, 0.15) is 48.5 Å². The Kier molecular flexibility index (Phi) is 7.94. The molecular weight excluding hydrogens is 364 g/mol. The second-order valence-electron chi connectivity index (χ2n) is 7.75. The normalized spacial score (nSPS) is 15.9. The van der Waals surface area contributed by atoms with Crippen molar-refractivity contribution in [1.29, 1.82) is 0 Å². The predicted molar refractivity (Wildman–Crippen MR) is 116 cm³/mol. The van der Waals surface area contributed by atoms with Crippen molar-refractivity contribution in [3.05, 3.63) is 59.7 Å². The van der Waals surface area contributed by atoms with Gasteiger partial charge in [0.15, 0.2) is 0 Å². The first-order valence-corrected chi connectivity index (χ1v) is 10.5. The van der Waals surface area contributed by atoms with Gasteiger partial charge in [-0.05, 0) is 74.8 Å². The summed E-state index contributed by atoms with van der Waals surface area (Å²) < 4.78 is 10.9. The van der Waals surface area contributed by atoms with E-state index in [-0.39, 0.29) is 11.9 Å². The first kappa shape index (κ1) is 21.2. The maximum atomic E-state index is 12.5. The molecule has 0 spiro atoms. The number of amides is 1. The molecule has 0 bridgehead atoms. The summed E-state index contributed by atoms with van der Waals surface area (Å²) in [4.78, 5) is 15.0. The fraction of sp³-hybridized carbons (Fsp3) is 0.458. The van der Waals surface area contributed by atoms with Gasteiger partial charge in [-0.2, -0.15) is 0 Å². The zero-order valence-corrected chi connectivity index (χ0v) is 17.5. The van der Waals surface area contributed by atoms with Crippen molar-refractivity contribution in [2.45, 2.75) is 45.2 Å². The van der Waals surface area contributed by atoms with Crippen LogP contribution in [0.15, 0.2) is 48.5 Å². The lowest BCUT2D eigenvalue weighted by atomic mass is 10.1. The van der Waals surface area contributed by atoms with E-state index in [0.29, 0.717) is 12.2 Å². The Hall–Kier alpha value is -2.53. The molecule has 0 radical (unpaired) electrons. The van der Waals surface area contributed by atoms with Crippen LogP contribution in [0.25, 0.3) is 0 Å². The zero-order valence-electron chi connectivity index (χ0n) is 17.5. The third-order valence-electron chi connectivity index (χ3n) is 5.26. The quantitative estimate of drug-likeness (QED) is 0.724. The number of methoxy groups -OCH3 is 1. The summed E-state index contributed by atoms with van der Waals surface area (Å²) in [6, 6.07) is 15.3. The third kappa shape index (κ3) is 6.79. The van der Waals surface area contributed by atoms with E-state index in [1.54, 1.807) is 7.11 Å². The summed E-state index contributed by atoms with van der Waals surface area (Å²) in [5.74, 6) is 1.47. The molecule has 156 valence electrons. The monoisotopic (exact) mass is 396 g/mol. The van der Waals surface area contributed by atoms with E-state index >= 15 is 0 Å². The van der Waals surface area contributed by atoms with Crippen molar-refractivity contribution in [1.82, 2.24) is 10.2 Å². The van der Waals surface area contributed by atoms with Gasteiger partial charge in [0.2, 0.25) is 0 Å². The third-order valence-corrected chi connectivity index (χ3v) is 5.26. The smallest absolute Gasteiger partial charge is 0.251 e. The van der Waals surface area contributed by atoms with E-state index in [0.717, 1.165) is 18.0 Å². The Morgan fingerprint density at radius 1 is 0.966 bits per heavy atom. The molecule has 2 aromatic rings. The van der Waals surface area contributed by atoms with Gasteiger partial charge in [0.1, 0.15) is 18.1 Å². The second kappa shape index (κ2) is 10.9. The highest BCUT2D eigenvalue weighted by molar-refractivity contribution is 5.94. The molecule has 1 N–H and O–H groups in total. The van der Waals surface area contributed by atoms with E-state index in [2.05, 4.69) is 22.3 Å². The molecule has 2 aromatic carbocycles. The summed E-state index contributed by atoms with van der Waals surface area (Å²) >= 11 is 0. The predicted octanol–water partition coefficient (Wildman–Crippen LogP) is 4.27. The van der Waals surface area contributed by atoms with Crippen molar-refractivity contribution in [2.75, 3.05) is 26.8 Å². The number of rotatable bonds is 8. The Balaban J connectivity index is 1.45. The molecule has 1 aliphatic heterocycles. The molecule has 0 saturated carbocycles. The van der Waals surface area contributed by atoms with Gasteiger partial charge in [0.05, 0.1) is 13.2 Å². The van der Waals surface area contributed by atoms with Gasteiger partial charge >= 0.3 is 0 Å². The van der Waals surface area contributed by atoms with Crippen LogP contribution in [-0.2, 0) is 6.54 Å². The average Bonchev–Trinajstić information content (AvgIpc) is 3.02. The largest absolute Gasteiger partial charge is 0.497 e. The molecule has 1 saturated heterocycles. The molecule has 5 heteroatoms. The van der Waals surface area contributed by atoms with Crippen molar-refractivity contribution in [3.8, 4) is 11.5 Å². The van der Waals surface area contributed by atoms with Crippen LogP contribution in [0.4, 0.5) is 0 Å². The molecule has 1 amide bonds. The van der Waals surface area contributed by atoms with Crippen LogP contribution >= 0.6 is 0 Å². The lowest BCUT2D eigenvalue weighted by Gasteiger charge is -2.20. The van der Waals surface area contributed by atoms with Crippen LogP contribution in [0.5, 0.6) is 11.5 Å². The van der Waals surface area contributed by atoms with Gasteiger partial charge in [-0.3, -0.25) is 9.69 Å². The van der Waals surface area contributed by atoms with E-state index in [9.17, 15) is 4.79 Å². The Bertz CT molecular complexity index is 751. The average molecular weight is 397 g/mol. The number of likely N-dealkylation sites (tertiary alicyclic amines) is 1. The van der Waals surface area contributed by atoms with Gasteiger partial charge in [-0.1, -0.05) is 25.0 Å². The van der Waals surface area contributed by atoms with Gasteiger partial charge < -0.3 is 14.8 Å². The molecule has 1 atom stereocenters. The van der Waals surface area contributed by atoms with Crippen molar-refractivity contribution < 1.29 is 14.3 Å². The molecule has 1 unspecified atom stereocenters. The maximum Gasteiger partial charge on any atom is 0.251 e. The number of nitrogens with one attached hydrogen (secondary N) is 1.